The van der Waals surface area contributed by atoms with Gasteiger partial charge in [0.25, 0.3) is 6.20 Å². The van der Waals surface area contributed by atoms with Crippen LogP contribution in [0.3, 0.4) is 0 Å². The summed E-state index contributed by atoms with van der Waals surface area (Å²) in [4.78, 5) is 14.5. The van der Waals surface area contributed by atoms with Crippen molar-refractivity contribution in [3.63, 3.8) is 0 Å². The average molecular weight is 331 g/mol. The Labute approximate surface area is 138 Å². The van der Waals surface area contributed by atoms with E-state index in [0.717, 1.165) is 38.9 Å². The first kappa shape index (κ1) is 19.3. The summed E-state index contributed by atoms with van der Waals surface area (Å²) in [7, 11) is 4.05. The number of nitro groups is 1. The second-order valence-corrected chi connectivity index (χ2v) is 7.24. The predicted octanol–water partition coefficient (Wildman–Crippen LogP) is 2.35. The minimum absolute atomic E-state index is 0.387. The summed E-state index contributed by atoms with van der Waals surface area (Å²) in [6.07, 6.45) is 4.47. The molecule has 1 rings (SSSR count). The van der Waals surface area contributed by atoms with Crippen LogP contribution in [0.25, 0.3) is 0 Å². The van der Waals surface area contributed by atoms with Gasteiger partial charge in [0.2, 0.25) is 0 Å². The fourth-order valence-electron chi connectivity index (χ4n) is 3.09. The van der Waals surface area contributed by atoms with Crippen LogP contribution in [0.1, 0.15) is 20.3 Å². The molecule has 0 amide bonds. The van der Waals surface area contributed by atoms with Gasteiger partial charge >= 0.3 is 0 Å². The van der Waals surface area contributed by atoms with Crippen LogP contribution in [0, 0.1) is 22.0 Å². The third-order valence-electron chi connectivity index (χ3n) is 3.86. The van der Waals surface area contributed by atoms with Crippen LogP contribution in [0.4, 0.5) is 0 Å². The molecular weight excluding hydrogens is 302 g/mol. The lowest BCUT2D eigenvalue weighted by molar-refractivity contribution is -0.403. The van der Waals surface area contributed by atoms with Crippen molar-refractivity contribution in [2.45, 2.75) is 26.4 Å². The van der Waals surface area contributed by atoms with Gasteiger partial charge in [-0.05, 0) is 38.5 Å². The van der Waals surface area contributed by atoms with E-state index in [1.165, 1.54) is 11.8 Å². The Balaban J connectivity index is 2.37. The summed E-state index contributed by atoms with van der Waals surface area (Å²) in [5.41, 5.74) is 0. The van der Waals surface area contributed by atoms with Crippen LogP contribution in [0.5, 0.6) is 0 Å². The van der Waals surface area contributed by atoms with Crippen LogP contribution in [0.2, 0.25) is 0 Å². The normalized spacial score (nSPS) is 23.8. The van der Waals surface area contributed by atoms with Gasteiger partial charge in [-0.2, -0.15) is 0 Å². The van der Waals surface area contributed by atoms with E-state index >= 15 is 0 Å². The number of hydrogen-bond donors (Lipinski definition) is 0. The Kier molecular flexibility index (Phi) is 8.20. The molecule has 0 N–H and O–H groups in total. The molecule has 1 fully saturated rings. The van der Waals surface area contributed by atoms with Gasteiger partial charge in [0.15, 0.2) is 0 Å². The Hall–Kier alpha value is -0.790. The molecule has 0 aromatic heterocycles. The maximum Gasteiger partial charge on any atom is 0.264 e. The molecule has 1 saturated heterocycles. The van der Waals surface area contributed by atoms with Gasteiger partial charge in [-0.25, -0.2) is 0 Å². The molecule has 0 aromatic rings. The van der Waals surface area contributed by atoms with Gasteiger partial charge in [0.1, 0.15) is 5.03 Å². The van der Waals surface area contributed by atoms with Crippen molar-refractivity contribution < 1.29 is 9.66 Å². The third-order valence-corrected chi connectivity index (χ3v) is 4.70. The molecule has 0 bridgehead atoms. The van der Waals surface area contributed by atoms with Crippen LogP contribution >= 0.6 is 11.8 Å². The average Bonchev–Trinajstić information content (AvgIpc) is 2.80. The highest BCUT2D eigenvalue weighted by atomic mass is 32.2. The fourth-order valence-corrected chi connectivity index (χ4v) is 3.67. The van der Waals surface area contributed by atoms with Gasteiger partial charge in [-0.3, -0.25) is 10.1 Å². The summed E-state index contributed by atoms with van der Waals surface area (Å²) in [5, 5.41) is 11.3. The lowest BCUT2D eigenvalue weighted by Crippen LogP contribution is -2.34. The van der Waals surface area contributed by atoms with Crippen molar-refractivity contribution in [3.8, 4) is 0 Å². The highest BCUT2D eigenvalue weighted by Crippen LogP contribution is 2.21. The molecule has 3 unspecified atom stereocenters. The Morgan fingerprint density at radius 1 is 1.50 bits per heavy atom. The minimum Gasteiger partial charge on any atom is -0.378 e. The second-order valence-electron chi connectivity index (χ2n) is 6.41. The lowest BCUT2D eigenvalue weighted by atomic mass is 10.0. The Bertz CT molecular complexity index is 392. The molecule has 22 heavy (non-hydrogen) atoms. The minimum atomic E-state index is -0.389. The summed E-state index contributed by atoms with van der Waals surface area (Å²) >= 11 is 1.41. The van der Waals surface area contributed by atoms with E-state index in [0.29, 0.717) is 23.0 Å². The van der Waals surface area contributed by atoms with Crippen molar-refractivity contribution >= 4 is 11.8 Å². The number of thioether (sulfide) groups is 1. The summed E-state index contributed by atoms with van der Waals surface area (Å²) in [6.45, 7) is 8.02. The van der Waals surface area contributed by atoms with E-state index < -0.39 is 0 Å². The van der Waals surface area contributed by atoms with Crippen molar-refractivity contribution in [3.05, 3.63) is 21.3 Å². The van der Waals surface area contributed by atoms with E-state index in [9.17, 15) is 10.1 Å². The molecule has 6 nitrogen and oxygen atoms in total. The van der Waals surface area contributed by atoms with Gasteiger partial charge in [-0.1, -0.05) is 6.92 Å². The van der Waals surface area contributed by atoms with E-state index in [-0.39, 0.29) is 4.92 Å². The number of ether oxygens (including phenoxy) is 1. The van der Waals surface area contributed by atoms with Gasteiger partial charge in [0, 0.05) is 26.7 Å². The lowest BCUT2D eigenvalue weighted by Gasteiger charge is -2.27. The maximum atomic E-state index is 10.6. The van der Waals surface area contributed by atoms with Crippen LogP contribution in [0.15, 0.2) is 11.2 Å². The van der Waals surface area contributed by atoms with E-state index in [4.69, 9.17) is 4.74 Å². The van der Waals surface area contributed by atoms with Crippen molar-refractivity contribution in [2.75, 3.05) is 46.6 Å². The molecule has 0 saturated carbocycles. The quantitative estimate of drug-likeness (QED) is 0.477. The Morgan fingerprint density at radius 2 is 2.18 bits per heavy atom. The van der Waals surface area contributed by atoms with E-state index in [1.54, 1.807) is 0 Å². The molecular formula is C15H29N3O3S. The monoisotopic (exact) mass is 331 g/mol. The molecule has 128 valence electrons. The van der Waals surface area contributed by atoms with Crippen LogP contribution < -0.4 is 0 Å². The van der Waals surface area contributed by atoms with Crippen LogP contribution in [-0.4, -0.2) is 67.4 Å². The van der Waals surface area contributed by atoms with Gasteiger partial charge in [0.05, 0.1) is 17.6 Å². The molecule has 1 heterocycles. The molecule has 1 aliphatic heterocycles. The van der Waals surface area contributed by atoms with Crippen molar-refractivity contribution in [2.24, 2.45) is 11.8 Å². The summed E-state index contributed by atoms with van der Waals surface area (Å²) in [6, 6.07) is 0. The largest absolute Gasteiger partial charge is 0.378 e. The number of rotatable bonds is 9. The summed E-state index contributed by atoms with van der Waals surface area (Å²) in [5.74, 6) is 1.07. The molecule has 0 aliphatic carbocycles. The predicted molar refractivity (Wildman–Crippen MR) is 91.4 cm³/mol. The Morgan fingerprint density at radius 3 is 2.68 bits per heavy atom. The molecule has 0 spiro atoms. The highest BCUT2D eigenvalue weighted by molar-refractivity contribution is 8.02. The van der Waals surface area contributed by atoms with E-state index in [1.807, 2.05) is 18.2 Å². The SMILES string of the molecule is CSC(=C[N+](=O)[O-])N(C)CC(C)CN(C)CC1COC(C)C1. The molecule has 3 atom stereocenters. The molecule has 7 heteroatoms. The second kappa shape index (κ2) is 9.37. The van der Waals surface area contributed by atoms with Crippen molar-refractivity contribution in [1.82, 2.24) is 9.80 Å². The van der Waals surface area contributed by atoms with Gasteiger partial charge < -0.3 is 14.5 Å². The molecule has 1 aliphatic rings. The fraction of sp³-hybridized carbons (Fsp3) is 0.867. The van der Waals surface area contributed by atoms with Crippen molar-refractivity contribution in [1.29, 1.82) is 0 Å². The van der Waals surface area contributed by atoms with E-state index in [2.05, 4.69) is 25.8 Å². The zero-order chi connectivity index (χ0) is 16.7. The zero-order valence-corrected chi connectivity index (χ0v) is 15.1. The van der Waals surface area contributed by atoms with Gasteiger partial charge in [-0.15, -0.1) is 11.8 Å². The summed E-state index contributed by atoms with van der Waals surface area (Å²) < 4.78 is 5.61. The maximum absolute atomic E-state index is 10.6. The number of nitrogens with zero attached hydrogens (tertiary/aromatic N) is 3. The zero-order valence-electron chi connectivity index (χ0n) is 14.3. The van der Waals surface area contributed by atoms with Crippen LogP contribution in [-0.2, 0) is 4.74 Å². The first-order valence-electron chi connectivity index (χ1n) is 7.72. The third kappa shape index (κ3) is 6.98. The highest BCUT2D eigenvalue weighted by Gasteiger charge is 2.23. The molecule has 0 radical (unpaired) electrons. The first-order valence-corrected chi connectivity index (χ1v) is 8.94. The standard InChI is InChI=1S/C15H29N3O3S/c1-12(8-17(4)15(22-5)10-18(19)20)7-16(3)9-14-6-13(2)21-11-14/h10,12-14H,6-9,11H2,1-5H3. The molecule has 0 aromatic carbocycles. The first-order chi connectivity index (χ1) is 10.3. The smallest absolute Gasteiger partial charge is 0.264 e. The number of hydrogen-bond acceptors (Lipinski definition) is 6. The topological polar surface area (TPSA) is 58.9 Å².